The first kappa shape index (κ1) is 85.0. The second kappa shape index (κ2) is 37.9. The molecule has 0 saturated heterocycles. The van der Waals surface area contributed by atoms with E-state index in [0.717, 1.165) is 32.7 Å². The Kier molecular flexibility index (Phi) is 31.2. The Balaban J connectivity index is 0.000000202. The van der Waals surface area contributed by atoms with Gasteiger partial charge in [-0.15, -0.1) is 6.42 Å². The summed E-state index contributed by atoms with van der Waals surface area (Å²) in [6.07, 6.45) is 5.28. The summed E-state index contributed by atoms with van der Waals surface area (Å²) >= 11 is 59.8. The first-order chi connectivity index (χ1) is 48.7. The molecule has 103 heavy (non-hydrogen) atoms. The monoisotopic (exact) mass is 1610 g/mol. The zero-order valence-corrected chi connectivity index (χ0v) is 65.8. The largest absolute Gasteiger partial charge is 0.504 e. The second-order valence-corrected chi connectivity index (χ2v) is 26.8. The molecule has 7 N–H and O–H groups in total. The summed E-state index contributed by atoms with van der Waals surface area (Å²) < 4.78 is 7.47. The molecule has 0 saturated carbocycles. The van der Waals surface area contributed by atoms with Gasteiger partial charge in [0.1, 0.15) is 56.7 Å². The van der Waals surface area contributed by atoms with Gasteiger partial charge in [-0.3, -0.25) is 61.5 Å². The Labute approximate surface area is 642 Å². The molecule has 554 valence electrons. The van der Waals surface area contributed by atoms with Gasteiger partial charge in [-0.05, 0) is 97.9 Å². The van der Waals surface area contributed by atoms with E-state index in [4.69, 9.17) is 122 Å². The molecular formula is C68H77Cl10N15O10. The molecule has 35 heteroatoms. The van der Waals surface area contributed by atoms with Crippen LogP contribution in [0.5, 0.6) is 28.7 Å². The fourth-order valence-corrected chi connectivity index (χ4v) is 13.3. The molecule has 0 amide bonds. The van der Waals surface area contributed by atoms with E-state index < -0.39 is 0 Å². The predicted molar refractivity (Wildman–Crippen MR) is 416 cm³/mol. The van der Waals surface area contributed by atoms with Crippen LogP contribution in [0.1, 0.15) is 84.5 Å². The summed E-state index contributed by atoms with van der Waals surface area (Å²) in [5.41, 5.74) is -0.765. The highest BCUT2D eigenvalue weighted by molar-refractivity contribution is 6.42. The minimum absolute atomic E-state index is 0.0570. The Morgan fingerprint density at radius 1 is 0.408 bits per heavy atom. The maximum atomic E-state index is 12.7. The number of hydrogen-bond acceptors (Lipinski definition) is 20. The average Bonchev–Trinajstić information content (AvgIpc) is 0.794. The van der Waals surface area contributed by atoms with Gasteiger partial charge in [-0.25, -0.2) is 24.9 Å². The molecule has 5 aromatic heterocycles. The maximum absolute atomic E-state index is 12.7. The lowest BCUT2D eigenvalue weighted by molar-refractivity contribution is 0.282. The van der Waals surface area contributed by atoms with Crippen LogP contribution in [0.4, 0.5) is 0 Å². The molecule has 10 aromatic rings. The lowest BCUT2D eigenvalue weighted by Gasteiger charge is -2.20. The lowest BCUT2D eigenvalue weighted by Crippen LogP contribution is -2.30. The molecule has 0 bridgehead atoms. The minimum Gasteiger partial charge on any atom is -0.504 e. The Hall–Kier alpha value is -6.94. The summed E-state index contributed by atoms with van der Waals surface area (Å²) in [6, 6.07) is 6.76. The molecule has 0 unspecified atom stereocenters. The summed E-state index contributed by atoms with van der Waals surface area (Å²) in [5, 5.41) is 58.4. The van der Waals surface area contributed by atoms with E-state index in [0.29, 0.717) is 88.0 Å². The van der Waals surface area contributed by atoms with Crippen LogP contribution in [0.15, 0.2) is 54.3 Å². The quantitative estimate of drug-likeness (QED) is 0.0370. The predicted octanol–water partition coefficient (Wildman–Crippen LogP) is 12.8. The molecule has 0 aliphatic carbocycles. The van der Waals surface area contributed by atoms with E-state index in [1.807, 2.05) is 67.3 Å². The molecular weight excluding hydrogens is 1540 g/mol. The van der Waals surface area contributed by atoms with Gasteiger partial charge in [0, 0.05) is 33.7 Å². The van der Waals surface area contributed by atoms with Gasteiger partial charge in [0.25, 0.3) is 27.8 Å². The van der Waals surface area contributed by atoms with Gasteiger partial charge < -0.3 is 36.2 Å². The first-order valence-corrected chi connectivity index (χ1v) is 35.9. The third-order valence-corrected chi connectivity index (χ3v) is 19.3. The highest BCUT2D eigenvalue weighted by Crippen LogP contribution is 2.39. The van der Waals surface area contributed by atoms with Gasteiger partial charge in [-0.1, -0.05) is 157 Å². The van der Waals surface area contributed by atoms with Gasteiger partial charge in [-0.2, -0.15) is 0 Å². The molecule has 0 atom stereocenters. The number of benzene rings is 5. The van der Waals surface area contributed by atoms with Gasteiger partial charge in [0.2, 0.25) is 0 Å². The highest BCUT2D eigenvalue weighted by Gasteiger charge is 2.24. The number of rotatable bonds is 19. The van der Waals surface area contributed by atoms with Crippen LogP contribution in [0.2, 0.25) is 50.2 Å². The van der Waals surface area contributed by atoms with E-state index >= 15 is 0 Å². The highest BCUT2D eigenvalue weighted by atomic mass is 35.5. The van der Waals surface area contributed by atoms with Crippen molar-refractivity contribution in [2.24, 2.45) is 14.1 Å². The molecule has 0 spiro atoms. The number of terminal acetylenes is 1. The smallest absolute Gasteiger partial charge is 0.263 e. The molecule has 0 radical (unpaired) electrons. The van der Waals surface area contributed by atoms with Crippen LogP contribution in [-0.2, 0) is 66.5 Å². The van der Waals surface area contributed by atoms with Crippen molar-refractivity contribution in [3.8, 4) is 41.1 Å². The van der Waals surface area contributed by atoms with Crippen molar-refractivity contribution in [1.29, 1.82) is 0 Å². The number of aromatic hydroxyl groups is 5. The fourth-order valence-electron chi connectivity index (χ4n) is 10.6. The van der Waals surface area contributed by atoms with Gasteiger partial charge >= 0.3 is 0 Å². The number of phenols is 5. The van der Waals surface area contributed by atoms with Crippen molar-refractivity contribution in [2.45, 2.75) is 108 Å². The zero-order valence-electron chi connectivity index (χ0n) is 58.2. The van der Waals surface area contributed by atoms with Gasteiger partial charge in [0.05, 0.1) is 116 Å². The van der Waals surface area contributed by atoms with Crippen LogP contribution in [-0.4, -0.2) is 141 Å². The summed E-state index contributed by atoms with van der Waals surface area (Å²) in [7, 11) is 6.83. The molecule has 10 rings (SSSR count). The lowest BCUT2D eigenvalue weighted by atomic mass is 10.2. The van der Waals surface area contributed by atoms with E-state index in [-0.39, 0.29) is 161 Å². The fraction of sp³-hybridized carbons (Fsp3) is 0.382. The number of nitrogens with one attached hydrogen (secondary N) is 2. The Morgan fingerprint density at radius 2 is 0.680 bits per heavy atom. The van der Waals surface area contributed by atoms with Crippen LogP contribution in [0.3, 0.4) is 0 Å². The SMILES string of the molecule is C#CCN(C)Cc1nc2c(O)c(Cl)cc(Cl)c2c(=O)n1CC.CCN(CC)Cc1nc2c(O)c(Cl)cc(Cl)c2c(=O)n1C.CCN(CC)Cc1nc2c(O)c(Cl)cc(Cl)c2c(=O)n1CC.CCNCc1nc2c(O)c(Cl)cc(Cl)c2c(=O)n1C.CCn1c(CNC)nc2c(O)c(Cl)cc(Cl)c2c1=O. The first-order valence-electron chi connectivity index (χ1n) is 32.1. The second-order valence-electron chi connectivity index (χ2n) is 22.7. The van der Waals surface area contributed by atoms with Crippen molar-refractivity contribution < 1.29 is 25.5 Å². The topological polar surface area (TPSA) is 309 Å². The van der Waals surface area contributed by atoms with Crippen molar-refractivity contribution in [1.82, 2.24) is 73.1 Å². The van der Waals surface area contributed by atoms with Crippen molar-refractivity contribution >= 4 is 171 Å². The number of nitrogens with zero attached hydrogens (tertiary/aromatic N) is 13. The summed E-state index contributed by atoms with van der Waals surface area (Å²) in [5.74, 6) is 4.09. The van der Waals surface area contributed by atoms with Crippen molar-refractivity contribution in [3.05, 3.63) is 161 Å². The number of phenolic OH excluding ortho intramolecular Hbond substituents is 5. The maximum Gasteiger partial charge on any atom is 0.263 e. The van der Waals surface area contributed by atoms with Crippen LogP contribution < -0.4 is 38.4 Å². The molecule has 0 aliphatic rings. The third-order valence-electron chi connectivity index (χ3n) is 16.3. The van der Waals surface area contributed by atoms with E-state index in [9.17, 15) is 49.5 Å². The molecule has 0 fully saturated rings. The van der Waals surface area contributed by atoms with Crippen LogP contribution in [0.25, 0.3) is 54.5 Å². The van der Waals surface area contributed by atoms with Crippen molar-refractivity contribution in [3.63, 3.8) is 0 Å². The van der Waals surface area contributed by atoms with Crippen LogP contribution >= 0.6 is 116 Å². The van der Waals surface area contributed by atoms with E-state index in [1.54, 1.807) is 25.7 Å². The van der Waals surface area contributed by atoms with Crippen LogP contribution in [0, 0.1) is 12.3 Å². The van der Waals surface area contributed by atoms with Crippen molar-refractivity contribution in [2.75, 3.05) is 53.4 Å². The third kappa shape index (κ3) is 18.8. The van der Waals surface area contributed by atoms with E-state index in [1.165, 1.54) is 48.6 Å². The Bertz CT molecular complexity index is 5190. The summed E-state index contributed by atoms with van der Waals surface area (Å²) in [6.45, 7) is 23.8. The Morgan fingerprint density at radius 3 is 0.981 bits per heavy atom. The number of hydrogen-bond donors (Lipinski definition) is 7. The standard InChI is InChI=1S/C15H15Cl2N3O2.C15H19Cl2N3O2.C14H17Cl2N3O2.2C12H13Cl2N3O2/c1-4-6-19(3)8-11-18-13-12(15(22)20(11)5-2)9(16)7-10(17)14(13)21;1-4-19(5-2)8-11-18-13-12(15(22)20(11)6-3)9(16)7-10(17)14(13)21;1-4-19(5-2)7-10-17-12-11(14(21)18(10)3)8(15)6-9(16)13(12)20;1-3-15-5-8-16-10-9(12(19)17(8)2)6(13)4-7(14)11(10)18;1-3-17-8(5-15-2)16-10-9(12(17)19)6(13)4-7(14)11(10)18/h1,7,21H,5-6,8H2,2-3H3;7,21H,4-6,8H2,1-3H3;6,20H,4-5,7H2,1-3H3;2*4,15,18H,3,5H2,1-2H3. The summed E-state index contributed by atoms with van der Waals surface area (Å²) in [4.78, 5) is 90.3. The minimum atomic E-state index is -0.312. The molecule has 0 aliphatic heterocycles. The average molecular weight is 1620 g/mol. The molecule has 5 aromatic carbocycles. The molecule has 25 nitrogen and oxygen atoms in total. The normalized spacial score (nSPS) is 11.3. The number of fused-ring (bicyclic) bond motifs is 5. The van der Waals surface area contributed by atoms with E-state index in [2.05, 4.69) is 51.3 Å². The van der Waals surface area contributed by atoms with Gasteiger partial charge in [0.15, 0.2) is 28.7 Å². The number of aromatic nitrogens is 10. The zero-order chi connectivity index (χ0) is 76.9. The number of halogens is 10. The molecule has 5 heterocycles.